The molecule has 92 valence electrons. The number of carbonyl (C=O) groups is 1. The van der Waals surface area contributed by atoms with Crippen LogP contribution in [0.4, 0.5) is 16.3 Å². The third-order valence-corrected chi connectivity index (χ3v) is 2.29. The van der Waals surface area contributed by atoms with E-state index in [1.807, 2.05) is 0 Å². The summed E-state index contributed by atoms with van der Waals surface area (Å²) in [7, 11) is 0. The lowest BCUT2D eigenvalue weighted by Crippen LogP contribution is -2.19. The number of hydrogen-bond acceptors (Lipinski definition) is 5. The molecule has 0 saturated carbocycles. The van der Waals surface area contributed by atoms with Crippen molar-refractivity contribution in [1.29, 1.82) is 0 Å². The minimum Gasteiger partial charge on any atom is -0.454 e. The Morgan fingerprint density at radius 3 is 3.00 bits per heavy atom. The predicted octanol–water partition coefficient (Wildman–Crippen LogP) is 1.18. The summed E-state index contributed by atoms with van der Waals surface area (Å²) in [5, 5.41) is 14.8. The highest BCUT2D eigenvalue weighted by Crippen LogP contribution is 2.34. The van der Waals surface area contributed by atoms with Gasteiger partial charge in [-0.2, -0.15) is 10.3 Å². The molecular weight excluding hydrogens is 238 g/mol. The first kappa shape index (κ1) is 10.4. The van der Waals surface area contributed by atoms with Crippen LogP contribution < -0.4 is 20.1 Å². The molecule has 8 heteroatoms. The summed E-state index contributed by atoms with van der Waals surface area (Å²) in [6.07, 6.45) is 1.40. The minimum atomic E-state index is -0.414. The summed E-state index contributed by atoms with van der Waals surface area (Å²) < 4.78 is 10.4. The number of ether oxygens (including phenoxy) is 2. The van der Waals surface area contributed by atoms with Gasteiger partial charge in [-0.3, -0.25) is 5.32 Å². The molecule has 1 aromatic carbocycles. The molecule has 2 heterocycles. The largest absolute Gasteiger partial charge is 0.454 e. The highest BCUT2D eigenvalue weighted by Gasteiger charge is 2.14. The zero-order valence-electron chi connectivity index (χ0n) is 9.14. The molecule has 1 aliphatic heterocycles. The number of fused-ring (bicyclic) bond motifs is 1. The second kappa shape index (κ2) is 4.24. The van der Waals surface area contributed by atoms with Crippen molar-refractivity contribution in [3.05, 3.63) is 24.4 Å². The summed E-state index contributed by atoms with van der Waals surface area (Å²) in [4.78, 5) is 11.6. The number of carbonyl (C=O) groups excluding carboxylic acids is 1. The molecule has 0 atom stereocenters. The second-order valence-electron chi connectivity index (χ2n) is 3.50. The van der Waals surface area contributed by atoms with Gasteiger partial charge < -0.3 is 14.8 Å². The first-order chi connectivity index (χ1) is 8.81. The third kappa shape index (κ3) is 2.03. The van der Waals surface area contributed by atoms with E-state index in [0.717, 1.165) is 0 Å². The van der Waals surface area contributed by atoms with E-state index in [9.17, 15) is 4.79 Å². The zero-order chi connectivity index (χ0) is 12.4. The average molecular weight is 247 g/mol. The zero-order valence-corrected chi connectivity index (χ0v) is 9.14. The van der Waals surface area contributed by atoms with Crippen LogP contribution in [-0.4, -0.2) is 28.2 Å². The van der Waals surface area contributed by atoms with Crippen LogP contribution in [0.5, 0.6) is 11.5 Å². The maximum Gasteiger partial charge on any atom is 0.324 e. The number of anilines is 2. The van der Waals surface area contributed by atoms with E-state index >= 15 is 0 Å². The molecule has 0 saturated heterocycles. The number of benzene rings is 1. The maximum atomic E-state index is 11.6. The Bertz CT molecular complexity index is 569. The third-order valence-electron chi connectivity index (χ3n) is 2.29. The highest BCUT2D eigenvalue weighted by atomic mass is 16.7. The number of aromatic amines is 1. The number of nitrogens with zero attached hydrogens (tertiary/aromatic N) is 2. The van der Waals surface area contributed by atoms with Gasteiger partial charge in [-0.05, 0) is 12.1 Å². The van der Waals surface area contributed by atoms with Gasteiger partial charge in [-0.1, -0.05) is 0 Å². The second-order valence-corrected chi connectivity index (χ2v) is 3.50. The van der Waals surface area contributed by atoms with Crippen LogP contribution in [0, 0.1) is 0 Å². The standard InChI is InChI=1S/C10H9N5O3/c16-10(13-9-4-11-15-14-9)12-6-1-2-7-8(3-6)18-5-17-7/h1-4H,5H2,(H3,11,12,13,14,15,16). The Balaban J connectivity index is 1.67. The van der Waals surface area contributed by atoms with Gasteiger partial charge in [-0.25, -0.2) is 4.79 Å². The van der Waals surface area contributed by atoms with Gasteiger partial charge in [0, 0.05) is 11.8 Å². The van der Waals surface area contributed by atoms with Crippen molar-refractivity contribution in [2.45, 2.75) is 0 Å². The van der Waals surface area contributed by atoms with E-state index in [-0.39, 0.29) is 6.79 Å². The molecule has 3 rings (SSSR count). The molecule has 2 aromatic rings. The molecule has 2 amide bonds. The van der Waals surface area contributed by atoms with Crippen molar-refractivity contribution >= 4 is 17.5 Å². The Morgan fingerprint density at radius 1 is 1.28 bits per heavy atom. The average Bonchev–Trinajstić information content (AvgIpc) is 2.98. The quantitative estimate of drug-likeness (QED) is 0.739. The Labute approximate surface area is 101 Å². The number of urea groups is 1. The maximum absolute atomic E-state index is 11.6. The molecule has 0 bridgehead atoms. The molecule has 8 nitrogen and oxygen atoms in total. The van der Waals surface area contributed by atoms with Crippen LogP contribution in [0.15, 0.2) is 24.4 Å². The molecule has 0 spiro atoms. The van der Waals surface area contributed by atoms with Crippen LogP contribution in [0.25, 0.3) is 0 Å². The van der Waals surface area contributed by atoms with Crippen LogP contribution >= 0.6 is 0 Å². The van der Waals surface area contributed by atoms with E-state index in [1.165, 1.54) is 6.20 Å². The number of rotatable bonds is 2. The summed E-state index contributed by atoms with van der Waals surface area (Å²) in [5.41, 5.74) is 0.597. The lowest BCUT2D eigenvalue weighted by molar-refractivity contribution is 0.174. The predicted molar refractivity (Wildman–Crippen MR) is 61.6 cm³/mol. The molecule has 0 radical (unpaired) electrons. The summed E-state index contributed by atoms with van der Waals surface area (Å²) >= 11 is 0. The van der Waals surface area contributed by atoms with Gasteiger partial charge in [0.25, 0.3) is 0 Å². The molecule has 1 aliphatic rings. The Kier molecular flexibility index (Phi) is 2.45. The van der Waals surface area contributed by atoms with E-state index in [0.29, 0.717) is 23.0 Å². The number of aromatic nitrogens is 3. The molecule has 18 heavy (non-hydrogen) atoms. The van der Waals surface area contributed by atoms with Crippen molar-refractivity contribution < 1.29 is 14.3 Å². The molecule has 0 aliphatic carbocycles. The summed E-state index contributed by atoms with van der Waals surface area (Å²) in [5.74, 6) is 1.61. The number of H-pyrrole nitrogens is 1. The minimum absolute atomic E-state index is 0.198. The highest BCUT2D eigenvalue weighted by molar-refractivity contribution is 5.99. The summed E-state index contributed by atoms with van der Waals surface area (Å²) in [6.45, 7) is 0.198. The lowest BCUT2D eigenvalue weighted by atomic mass is 10.3. The lowest BCUT2D eigenvalue weighted by Gasteiger charge is -2.05. The fourth-order valence-electron chi connectivity index (χ4n) is 1.51. The van der Waals surface area contributed by atoms with Crippen LogP contribution in [-0.2, 0) is 0 Å². The SMILES string of the molecule is O=C(Nc1ccc2c(c1)OCO2)Nc1cn[nH]n1. The normalized spacial score (nSPS) is 12.2. The smallest absolute Gasteiger partial charge is 0.324 e. The molecule has 1 aromatic heterocycles. The van der Waals surface area contributed by atoms with Gasteiger partial charge in [0.1, 0.15) is 0 Å². The molecule has 0 unspecified atom stereocenters. The Hall–Kier alpha value is -2.77. The van der Waals surface area contributed by atoms with E-state index in [1.54, 1.807) is 18.2 Å². The van der Waals surface area contributed by atoms with E-state index in [2.05, 4.69) is 26.0 Å². The van der Waals surface area contributed by atoms with Crippen molar-refractivity contribution in [3.8, 4) is 11.5 Å². The number of nitrogens with one attached hydrogen (secondary N) is 3. The fourth-order valence-corrected chi connectivity index (χ4v) is 1.51. The summed E-state index contributed by atoms with van der Waals surface area (Å²) in [6, 6.07) is 4.72. The first-order valence-electron chi connectivity index (χ1n) is 5.15. The topological polar surface area (TPSA) is 101 Å². The van der Waals surface area contributed by atoms with E-state index in [4.69, 9.17) is 9.47 Å². The van der Waals surface area contributed by atoms with Crippen LogP contribution in [0.1, 0.15) is 0 Å². The number of hydrogen-bond donors (Lipinski definition) is 3. The van der Waals surface area contributed by atoms with Gasteiger partial charge in [0.05, 0.1) is 6.20 Å². The Morgan fingerprint density at radius 2 is 2.17 bits per heavy atom. The van der Waals surface area contributed by atoms with Crippen molar-refractivity contribution in [3.63, 3.8) is 0 Å². The van der Waals surface area contributed by atoms with Gasteiger partial charge in [-0.15, -0.1) is 5.10 Å². The van der Waals surface area contributed by atoms with Gasteiger partial charge in [0.2, 0.25) is 6.79 Å². The molecule has 0 fully saturated rings. The van der Waals surface area contributed by atoms with E-state index < -0.39 is 6.03 Å². The number of amides is 2. The van der Waals surface area contributed by atoms with Crippen molar-refractivity contribution in [1.82, 2.24) is 15.4 Å². The molecular formula is C10H9N5O3. The van der Waals surface area contributed by atoms with Crippen LogP contribution in [0.2, 0.25) is 0 Å². The van der Waals surface area contributed by atoms with Crippen molar-refractivity contribution in [2.75, 3.05) is 17.4 Å². The van der Waals surface area contributed by atoms with Gasteiger partial charge >= 0.3 is 6.03 Å². The fraction of sp³-hybridized carbons (Fsp3) is 0.100. The van der Waals surface area contributed by atoms with Gasteiger partial charge in [0.15, 0.2) is 17.3 Å². The monoisotopic (exact) mass is 247 g/mol. The van der Waals surface area contributed by atoms with Crippen LogP contribution in [0.3, 0.4) is 0 Å². The van der Waals surface area contributed by atoms with Crippen molar-refractivity contribution in [2.24, 2.45) is 0 Å². The first-order valence-corrected chi connectivity index (χ1v) is 5.15. The molecule has 3 N–H and O–H groups in total.